The van der Waals surface area contributed by atoms with Crippen LogP contribution in [0.5, 0.6) is 0 Å². The van der Waals surface area contributed by atoms with Crippen LogP contribution in [0.25, 0.3) is 0 Å². The highest BCUT2D eigenvalue weighted by molar-refractivity contribution is 7.09. The van der Waals surface area contributed by atoms with E-state index in [1.54, 1.807) is 18.4 Å². The Hall–Kier alpha value is -2.02. The van der Waals surface area contributed by atoms with E-state index in [4.69, 9.17) is 0 Å². The first-order chi connectivity index (χ1) is 11.3. The molecule has 0 fully saturated rings. The predicted molar refractivity (Wildman–Crippen MR) is 94.2 cm³/mol. The molecule has 0 bridgehead atoms. The highest BCUT2D eigenvalue weighted by Crippen LogP contribution is 2.25. The maximum absolute atomic E-state index is 13.6. The summed E-state index contributed by atoms with van der Waals surface area (Å²) >= 11 is 1.63. The number of nitrogens with zero attached hydrogens (tertiary/aromatic N) is 2. The Morgan fingerprint density at radius 1 is 1.21 bits per heavy atom. The SMILES string of the molecule is CN=C(NCc1csc(C(C)(C)C)n1)NCc1cc(F)ccc1F. The molecule has 0 unspecified atom stereocenters. The smallest absolute Gasteiger partial charge is 0.191 e. The highest BCUT2D eigenvalue weighted by Gasteiger charge is 2.17. The summed E-state index contributed by atoms with van der Waals surface area (Å²) in [6, 6.07) is 3.39. The summed E-state index contributed by atoms with van der Waals surface area (Å²) in [5, 5.41) is 9.17. The summed E-state index contributed by atoms with van der Waals surface area (Å²) in [7, 11) is 1.62. The zero-order valence-corrected chi connectivity index (χ0v) is 15.1. The molecule has 0 amide bonds. The summed E-state index contributed by atoms with van der Waals surface area (Å²) in [6.45, 7) is 7.02. The van der Waals surface area contributed by atoms with Gasteiger partial charge in [0.15, 0.2) is 5.96 Å². The maximum Gasteiger partial charge on any atom is 0.191 e. The molecule has 7 heteroatoms. The van der Waals surface area contributed by atoms with Crippen molar-refractivity contribution in [1.29, 1.82) is 0 Å². The Balaban J connectivity index is 1.91. The molecule has 1 aromatic heterocycles. The van der Waals surface area contributed by atoms with Crippen molar-refractivity contribution in [1.82, 2.24) is 15.6 Å². The molecule has 2 rings (SSSR count). The quantitative estimate of drug-likeness (QED) is 0.653. The van der Waals surface area contributed by atoms with Crippen molar-refractivity contribution in [3.63, 3.8) is 0 Å². The summed E-state index contributed by atoms with van der Waals surface area (Å²) < 4.78 is 26.8. The molecule has 0 atom stereocenters. The second kappa shape index (κ2) is 7.70. The van der Waals surface area contributed by atoms with E-state index in [2.05, 4.69) is 41.4 Å². The fourth-order valence-corrected chi connectivity index (χ4v) is 2.89. The minimum atomic E-state index is -0.465. The van der Waals surface area contributed by atoms with Crippen molar-refractivity contribution in [2.24, 2.45) is 4.99 Å². The largest absolute Gasteiger partial charge is 0.352 e. The van der Waals surface area contributed by atoms with Crippen LogP contribution in [0.3, 0.4) is 0 Å². The van der Waals surface area contributed by atoms with Crippen molar-refractivity contribution < 1.29 is 8.78 Å². The molecular weight excluding hydrogens is 330 g/mol. The number of aromatic nitrogens is 1. The van der Waals surface area contributed by atoms with Crippen LogP contribution in [0.2, 0.25) is 0 Å². The summed E-state index contributed by atoms with van der Waals surface area (Å²) in [6.07, 6.45) is 0. The molecule has 4 nitrogen and oxygen atoms in total. The van der Waals surface area contributed by atoms with Gasteiger partial charge in [-0.3, -0.25) is 4.99 Å². The van der Waals surface area contributed by atoms with E-state index in [9.17, 15) is 8.78 Å². The summed E-state index contributed by atoms with van der Waals surface area (Å²) in [5.41, 5.74) is 1.20. The zero-order chi connectivity index (χ0) is 17.7. The van der Waals surface area contributed by atoms with Crippen molar-refractivity contribution in [3.05, 3.63) is 51.5 Å². The Bertz CT molecular complexity index is 720. The first-order valence-corrected chi connectivity index (χ1v) is 8.51. The molecule has 0 aliphatic rings. The summed E-state index contributed by atoms with van der Waals surface area (Å²) in [5.74, 6) is -0.411. The Morgan fingerprint density at radius 2 is 1.92 bits per heavy atom. The number of guanidine groups is 1. The number of benzene rings is 1. The maximum atomic E-state index is 13.6. The Labute approximate surface area is 145 Å². The van der Waals surface area contributed by atoms with Gasteiger partial charge in [0.05, 0.1) is 17.2 Å². The second-order valence-corrected chi connectivity index (χ2v) is 7.27. The fourth-order valence-electron chi connectivity index (χ4n) is 1.99. The molecule has 1 aromatic carbocycles. The van der Waals surface area contributed by atoms with Crippen molar-refractivity contribution >= 4 is 17.3 Å². The third-order valence-electron chi connectivity index (χ3n) is 3.31. The van der Waals surface area contributed by atoms with Crippen LogP contribution in [-0.4, -0.2) is 18.0 Å². The van der Waals surface area contributed by atoms with Crippen molar-refractivity contribution in [3.8, 4) is 0 Å². The van der Waals surface area contributed by atoms with Gasteiger partial charge in [0.2, 0.25) is 0 Å². The Morgan fingerprint density at radius 3 is 2.54 bits per heavy atom. The molecule has 0 aliphatic carbocycles. The first-order valence-electron chi connectivity index (χ1n) is 7.63. The van der Waals surface area contributed by atoms with E-state index in [1.165, 1.54) is 6.07 Å². The van der Waals surface area contributed by atoms with E-state index >= 15 is 0 Å². The second-order valence-electron chi connectivity index (χ2n) is 6.41. The molecular formula is C17H22F2N4S. The van der Waals surface area contributed by atoms with Crippen LogP contribution < -0.4 is 10.6 Å². The average Bonchev–Trinajstić information content (AvgIpc) is 3.00. The number of nitrogens with one attached hydrogen (secondary N) is 2. The minimum Gasteiger partial charge on any atom is -0.352 e. The third kappa shape index (κ3) is 4.99. The lowest BCUT2D eigenvalue weighted by Crippen LogP contribution is -2.36. The monoisotopic (exact) mass is 352 g/mol. The van der Waals surface area contributed by atoms with Crippen LogP contribution in [0.1, 0.15) is 37.0 Å². The van der Waals surface area contributed by atoms with Gasteiger partial charge in [0.1, 0.15) is 11.6 Å². The lowest BCUT2D eigenvalue weighted by molar-refractivity contribution is 0.580. The van der Waals surface area contributed by atoms with E-state index < -0.39 is 11.6 Å². The van der Waals surface area contributed by atoms with Gasteiger partial charge in [-0.1, -0.05) is 20.8 Å². The molecule has 0 aliphatic heterocycles. The van der Waals surface area contributed by atoms with Crippen molar-refractivity contribution in [2.45, 2.75) is 39.3 Å². The summed E-state index contributed by atoms with van der Waals surface area (Å²) in [4.78, 5) is 8.68. The molecule has 2 N–H and O–H groups in total. The van der Waals surface area contributed by atoms with E-state index in [0.717, 1.165) is 22.8 Å². The molecule has 0 spiro atoms. The molecule has 2 aromatic rings. The van der Waals surface area contributed by atoms with E-state index in [1.807, 2.05) is 5.38 Å². The molecule has 130 valence electrons. The number of halogens is 2. The van der Waals surface area contributed by atoms with Gasteiger partial charge in [-0.25, -0.2) is 13.8 Å². The lowest BCUT2D eigenvalue weighted by atomic mass is 9.98. The average molecular weight is 352 g/mol. The number of aliphatic imine (C=N–C) groups is 1. The van der Waals surface area contributed by atoms with Crippen LogP contribution in [0, 0.1) is 11.6 Å². The topological polar surface area (TPSA) is 49.3 Å². The van der Waals surface area contributed by atoms with Gasteiger partial charge < -0.3 is 10.6 Å². The van der Waals surface area contributed by atoms with Crippen molar-refractivity contribution in [2.75, 3.05) is 7.05 Å². The normalized spacial score (nSPS) is 12.3. The third-order valence-corrected chi connectivity index (χ3v) is 4.62. The van der Waals surface area contributed by atoms with Gasteiger partial charge in [-0.15, -0.1) is 11.3 Å². The Kier molecular flexibility index (Phi) is 5.88. The van der Waals surface area contributed by atoms with E-state index in [0.29, 0.717) is 12.5 Å². The van der Waals surface area contributed by atoms with Gasteiger partial charge in [0, 0.05) is 30.0 Å². The minimum absolute atomic E-state index is 0.0255. The number of rotatable bonds is 4. The molecule has 0 saturated heterocycles. The molecule has 0 saturated carbocycles. The number of hydrogen-bond donors (Lipinski definition) is 2. The van der Waals surface area contributed by atoms with Gasteiger partial charge in [0.25, 0.3) is 0 Å². The van der Waals surface area contributed by atoms with Crippen LogP contribution in [0.4, 0.5) is 8.78 Å². The molecule has 0 radical (unpaired) electrons. The predicted octanol–water partition coefficient (Wildman–Crippen LogP) is 3.58. The van der Waals surface area contributed by atoms with Crippen LogP contribution in [0.15, 0.2) is 28.6 Å². The van der Waals surface area contributed by atoms with Gasteiger partial charge >= 0.3 is 0 Å². The number of thiazole rings is 1. The van der Waals surface area contributed by atoms with Crippen LogP contribution >= 0.6 is 11.3 Å². The lowest BCUT2D eigenvalue weighted by Gasteiger charge is -2.14. The molecule has 1 heterocycles. The van der Waals surface area contributed by atoms with E-state index in [-0.39, 0.29) is 17.5 Å². The zero-order valence-electron chi connectivity index (χ0n) is 14.3. The van der Waals surface area contributed by atoms with Gasteiger partial charge in [-0.2, -0.15) is 0 Å². The number of hydrogen-bond acceptors (Lipinski definition) is 3. The first kappa shape index (κ1) is 18.3. The highest BCUT2D eigenvalue weighted by atomic mass is 32.1. The van der Waals surface area contributed by atoms with Gasteiger partial charge in [-0.05, 0) is 18.2 Å². The van der Waals surface area contributed by atoms with Crippen LogP contribution in [-0.2, 0) is 18.5 Å². The fraction of sp³-hybridized carbons (Fsp3) is 0.412. The molecule has 24 heavy (non-hydrogen) atoms. The standard InChI is InChI=1S/C17H22F2N4S/c1-17(2,3)15-23-13(10-24-15)9-22-16(20-4)21-8-11-7-12(18)5-6-14(11)19/h5-7,10H,8-9H2,1-4H3,(H2,20,21,22).